The van der Waals surface area contributed by atoms with Crippen molar-refractivity contribution in [2.45, 2.75) is 25.8 Å². The van der Waals surface area contributed by atoms with Crippen LogP contribution in [0.2, 0.25) is 0 Å². The first-order valence-corrected chi connectivity index (χ1v) is 8.07. The number of allylic oxidation sites excluding steroid dienone is 1. The largest absolute Gasteiger partial charge is 0.466 e. The molecular weight excluding hydrogens is 294 g/mol. The van der Waals surface area contributed by atoms with E-state index in [9.17, 15) is 9.59 Å². The summed E-state index contributed by atoms with van der Waals surface area (Å²) in [7, 11) is 0. The first-order valence-electron chi connectivity index (χ1n) is 8.07. The predicted octanol–water partition coefficient (Wildman–Crippen LogP) is 3.02. The van der Waals surface area contributed by atoms with E-state index in [0.29, 0.717) is 18.9 Å². The molecule has 2 aliphatic rings. The predicted molar refractivity (Wildman–Crippen MR) is 84.9 cm³/mol. The molecule has 1 amide bonds. The van der Waals surface area contributed by atoms with Crippen molar-refractivity contribution >= 4 is 12.1 Å². The van der Waals surface area contributed by atoms with Crippen LogP contribution in [0.25, 0.3) is 0 Å². The molecule has 1 saturated heterocycles. The van der Waals surface area contributed by atoms with E-state index in [0.717, 1.165) is 12.8 Å². The molecule has 23 heavy (non-hydrogen) atoms. The third-order valence-corrected chi connectivity index (χ3v) is 4.46. The Bertz CT molecular complexity index is 598. The van der Waals surface area contributed by atoms with E-state index in [1.54, 1.807) is 24.0 Å². The molecular formula is C18H21NO4. The van der Waals surface area contributed by atoms with E-state index < -0.39 is 6.09 Å². The van der Waals surface area contributed by atoms with Crippen LogP contribution in [-0.2, 0) is 9.53 Å². The number of carbonyl (C=O) groups excluding carboxylic acids is 2. The highest BCUT2D eigenvalue weighted by molar-refractivity contribution is 5.78. The number of carbonyl (C=O) groups is 2. The van der Waals surface area contributed by atoms with Crippen molar-refractivity contribution in [1.82, 2.24) is 4.90 Å². The number of para-hydroxylation sites is 1. The van der Waals surface area contributed by atoms with Crippen molar-refractivity contribution in [3.63, 3.8) is 0 Å². The van der Waals surface area contributed by atoms with Crippen molar-refractivity contribution in [2.24, 2.45) is 11.8 Å². The number of hydrogen-bond donors (Lipinski definition) is 0. The Labute approximate surface area is 135 Å². The van der Waals surface area contributed by atoms with E-state index in [1.807, 2.05) is 24.3 Å². The summed E-state index contributed by atoms with van der Waals surface area (Å²) in [5, 5.41) is 0. The summed E-state index contributed by atoms with van der Waals surface area (Å²) >= 11 is 0. The Hall–Kier alpha value is -2.30. The van der Waals surface area contributed by atoms with Gasteiger partial charge in [-0.25, -0.2) is 4.79 Å². The van der Waals surface area contributed by atoms with Crippen molar-refractivity contribution in [2.75, 3.05) is 13.2 Å². The topological polar surface area (TPSA) is 55.8 Å². The third-order valence-electron chi connectivity index (χ3n) is 4.46. The van der Waals surface area contributed by atoms with Crippen LogP contribution in [0.3, 0.4) is 0 Å². The zero-order chi connectivity index (χ0) is 16.2. The zero-order valence-corrected chi connectivity index (χ0v) is 13.2. The molecule has 0 bridgehead atoms. The molecule has 0 spiro atoms. The zero-order valence-electron chi connectivity index (χ0n) is 13.2. The second-order valence-electron chi connectivity index (χ2n) is 5.84. The first kappa shape index (κ1) is 15.6. The molecule has 122 valence electrons. The van der Waals surface area contributed by atoms with E-state index in [4.69, 9.17) is 9.47 Å². The van der Waals surface area contributed by atoms with Crippen molar-refractivity contribution in [3.8, 4) is 5.75 Å². The summed E-state index contributed by atoms with van der Waals surface area (Å²) < 4.78 is 10.6. The molecule has 1 aliphatic carbocycles. The van der Waals surface area contributed by atoms with Crippen molar-refractivity contribution in [1.29, 1.82) is 0 Å². The van der Waals surface area contributed by atoms with E-state index in [1.165, 1.54) is 0 Å². The maximum absolute atomic E-state index is 12.5. The molecule has 3 rings (SSSR count). The van der Waals surface area contributed by atoms with Gasteiger partial charge in [-0.15, -0.1) is 0 Å². The smallest absolute Gasteiger partial charge is 0.415 e. The van der Waals surface area contributed by atoms with Gasteiger partial charge in [-0.1, -0.05) is 30.4 Å². The Morgan fingerprint density at radius 2 is 2.04 bits per heavy atom. The number of nitrogens with zero attached hydrogens (tertiary/aromatic N) is 1. The fourth-order valence-electron chi connectivity index (χ4n) is 3.41. The molecule has 1 fully saturated rings. The average Bonchev–Trinajstić information content (AvgIpc) is 2.96. The van der Waals surface area contributed by atoms with Gasteiger partial charge in [-0.05, 0) is 31.9 Å². The summed E-state index contributed by atoms with van der Waals surface area (Å²) in [4.78, 5) is 26.4. The van der Waals surface area contributed by atoms with Gasteiger partial charge < -0.3 is 14.4 Å². The Balaban J connectivity index is 1.75. The summed E-state index contributed by atoms with van der Waals surface area (Å²) in [6, 6.07) is 9.00. The third kappa shape index (κ3) is 3.23. The summed E-state index contributed by atoms with van der Waals surface area (Å²) in [6.45, 7) is 2.50. The number of rotatable bonds is 3. The minimum Gasteiger partial charge on any atom is -0.466 e. The van der Waals surface area contributed by atoms with Crippen LogP contribution in [-0.4, -0.2) is 36.2 Å². The molecule has 1 aromatic rings. The highest BCUT2D eigenvalue weighted by atomic mass is 16.6. The number of esters is 1. The summed E-state index contributed by atoms with van der Waals surface area (Å²) in [5.74, 6) is -0.00464. The van der Waals surface area contributed by atoms with Crippen LogP contribution in [0.5, 0.6) is 5.75 Å². The first-order chi connectivity index (χ1) is 11.2. The molecule has 3 unspecified atom stereocenters. The minimum absolute atomic E-state index is 0.00520. The lowest BCUT2D eigenvalue weighted by molar-refractivity contribution is -0.148. The number of hydrogen-bond acceptors (Lipinski definition) is 4. The quantitative estimate of drug-likeness (QED) is 0.635. The van der Waals surface area contributed by atoms with Crippen LogP contribution >= 0.6 is 0 Å². The Morgan fingerprint density at radius 1 is 1.26 bits per heavy atom. The molecule has 0 aromatic heterocycles. The molecule has 0 N–H and O–H groups in total. The van der Waals surface area contributed by atoms with E-state index in [-0.39, 0.29) is 23.8 Å². The molecule has 5 nitrogen and oxygen atoms in total. The number of fused-ring (bicyclic) bond motifs is 1. The van der Waals surface area contributed by atoms with Gasteiger partial charge in [0.15, 0.2) is 0 Å². The molecule has 5 heteroatoms. The maximum atomic E-state index is 12.5. The molecule has 0 saturated carbocycles. The van der Waals surface area contributed by atoms with Gasteiger partial charge in [0.25, 0.3) is 0 Å². The lowest BCUT2D eigenvalue weighted by Crippen LogP contribution is -2.40. The molecule has 1 aliphatic heterocycles. The monoisotopic (exact) mass is 315 g/mol. The van der Waals surface area contributed by atoms with E-state index >= 15 is 0 Å². The van der Waals surface area contributed by atoms with Crippen molar-refractivity contribution < 1.29 is 19.1 Å². The Kier molecular flexibility index (Phi) is 4.65. The highest BCUT2D eigenvalue weighted by Crippen LogP contribution is 2.37. The fraction of sp³-hybridized carbons (Fsp3) is 0.444. The second-order valence-corrected chi connectivity index (χ2v) is 5.84. The van der Waals surface area contributed by atoms with Crippen LogP contribution < -0.4 is 4.74 Å². The summed E-state index contributed by atoms with van der Waals surface area (Å²) in [6.07, 6.45) is 5.49. The van der Waals surface area contributed by atoms with Gasteiger partial charge in [0.1, 0.15) is 5.75 Å². The van der Waals surface area contributed by atoms with Crippen molar-refractivity contribution in [3.05, 3.63) is 42.5 Å². The molecule has 1 aromatic carbocycles. The van der Waals surface area contributed by atoms with Crippen LogP contribution in [0.15, 0.2) is 42.5 Å². The van der Waals surface area contributed by atoms with Crippen LogP contribution in [0.1, 0.15) is 19.8 Å². The van der Waals surface area contributed by atoms with Crippen LogP contribution in [0, 0.1) is 11.8 Å². The lowest BCUT2D eigenvalue weighted by atomic mass is 9.84. The van der Waals surface area contributed by atoms with Gasteiger partial charge in [-0.2, -0.15) is 0 Å². The highest BCUT2D eigenvalue weighted by Gasteiger charge is 2.47. The average molecular weight is 315 g/mol. The number of benzene rings is 1. The van der Waals surface area contributed by atoms with Gasteiger partial charge in [0.05, 0.1) is 12.5 Å². The maximum Gasteiger partial charge on any atom is 0.415 e. The Morgan fingerprint density at radius 3 is 2.78 bits per heavy atom. The second kappa shape index (κ2) is 6.86. The van der Waals surface area contributed by atoms with Gasteiger partial charge in [0, 0.05) is 18.5 Å². The van der Waals surface area contributed by atoms with Gasteiger partial charge in [-0.3, -0.25) is 4.79 Å². The number of ether oxygens (including phenoxy) is 2. The number of amides is 1. The standard InChI is InChI=1S/C18H21NO4/c1-2-22-17(20)15-12-19(16-11-7-6-10-14(15)16)18(21)23-13-8-4-3-5-9-13/h3-6,8-10,14-16H,2,7,11-12H2,1H3. The lowest BCUT2D eigenvalue weighted by Gasteiger charge is -2.28. The minimum atomic E-state index is -0.395. The molecule has 1 heterocycles. The summed E-state index contributed by atoms with van der Waals surface area (Å²) in [5.41, 5.74) is 0. The van der Waals surface area contributed by atoms with Crippen LogP contribution in [0.4, 0.5) is 4.79 Å². The normalized spacial score (nSPS) is 25.8. The fourth-order valence-corrected chi connectivity index (χ4v) is 3.41. The SMILES string of the molecule is CCOC(=O)C1CN(C(=O)Oc2ccccc2)C2CCC=CC12. The number of likely N-dealkylation sites (tertiary alicyclic amines) is 1. The van der Waals surface area contributed by atoms with E-state index in [2.05, 4.69) is 6.08 Å². The van der Waals surface area contributed by atoms with Gasteiger partial charge in [0.2, 0.25) is 0 Å². The van der Waals surface area contributed by atoms with Gasteiger partial charge >= 0.3 is 12.1 Å². The molecule has 0 radical (unpaired) electrons. The molecule has 3 atom stereocenters.